The van der Waals surface area contributed by atoms with E-state index in [0.29, 0.717) is 10.6 Å². The molecule has 0 saturated carbocycles. The summed E-state index contributed by atoms with van der Waals surface area (Å²) in [5.74, 6) is 0. The van der Waals surface area contributed by atoms with E-state index in [1.54, 1.807) is 18.2 Å². The molecule has 0 aromatic heterocycles. The van der Waals surface area contributed by atoms with Gasteiger partial charge in [0.05, 0.1) is 10.6 Å². The summed E-state index contributed by atoms with van der Waals surface area (Å²) in [7, 11) is 0. The number of halogens is 1. The van der Waals surface area contributed by atoms with Gasteiger partial charge in [0.2, 0.25) is 0 Å². The Bertz CT molecular complexity index is 275. The van der Waals surface area contributed by atoms with Crippen LogP contribution in [0.15, 0.2) is 24.3 Å². The van der Waals surface area contributed by atoms with Crippen molar-refractivity contribution < 1.29 is 4.92 Å². The normalized spacial score (nSPS) is 9.55. The van der Waals surface area contributed by atoms with Crippen molar-refractivity contribution in [3.05, 3.63) is 51.5 Å². The minimum absolute atomic E-state index is 0.305. The van der Waals surface area contributed by atoms with Crippen molar-refractivity contribution in [2.24, 2.45) is 0 Å². The summed E-state index contributed by atoms with van der Waals surface area (Å²) in [5, 5.41) is 10.3. The summed E-state index contributed by atoms with van der Waals surface area (Å²) in [5.41, 5.74) is 0.305. The molecular weight excluding hydrogens is 166 g/mol. The zero-order valence-electron chi connectivity index (χ0n) is 5.45. The number of nitro groups is 1. The fourth-order valence-corrected chi connectivity index (χ4v) is 0.828. The Morgan fingerprint density at radius 2 is 2.09 bits per heavy atom. The second kappa shape index (κ2) is 3.34. The predicted octanol–water partition coefficient (Wildman–Crippen LogP) is 2.00. The molecule has 3 nitrogen and oxygen atoms in total. The Morgan fingerprint density at radius 3 is 2.64 bits per heavy atom. The molecule has 0 heterocycles. The van der Waals surface area contributed by atoms with Crippen molar-refractivity contribution in [1.29, 1.82) is 0 Å². The van der Waals surface area contributed by atoms with Gasteiger partial charge in [-0.25, -0.2) is 0 Å². The summed E-state index contributed by atoms with van der Waals surface area (Å²) >= 11 is 5.60. The summed E-state index contributed by atoms with van der Waals surface area (Å²) in [6.07, 6.45) is 0. The topological polar surface area (TPSA) is 43.1 Å². The monoisotopic (exact) mass is 169 g/mol. The molecule has 56 valence electrons. The lowest BCUT2D eigenvalue weighted by Crippen LogP contribution is -1.94. The summed E-state index contributed by atoms with van der Waals surface area (Å²) < 4.78 is 0. The molecule has 0 aliphatic carbocycles. The molecule has 2 radical (unpaired) electrons. The third-order valence-electron chi connectivity index (χ3n) is 1.09. The number of hydrogen-bond acceptors (Lipinski definition) is 2. The lowest BCUT2D eigenvalue weighted by atomic mass is 10.2. The third kappa shape index (κ3) is 2.20. The molecule has 0 bridgehead atoms. The number of rotatable bonds is 2. The van der Waals surface area contributed by atoms with Crippen LogP contribution < -0.4 is 0 Å². The van der Waals surface area contributed by atoms with Crippen LogP contribution in [-0.4, -0.2) is 4.92 Å². The van der Waals surface area contributed by atoms with Crippen LogP contribution in [0.1, 0.15) is 5.56 Å². The third-order valence-corrected chi connectivity index (χ3v) is 1.42. The maximum Gasteiger partial charge on any atom is 0.409 e. The van der Waals surface area contributed by atoms with E-state index in [2.05, 4.69) is 0 Å². The highest BCUT2D eigenvalue weighted by molar-refractivity contribution is 6.31. The second-order valence-electron chi connectivity index (χ2n) is 1.85. The van der Waals surface area contributed by atoms with Crippen LogP contribution in [0.4, 0.5) is 0 Å². The molecule has 0 unspecified atom stereocenters. The van der Waals surface area contributed by atoms with Gasteiger partial charge in [-0.15, -0.1) is 0 Å². The molecule has 1 aromatic rings. The first kappa shape index (κ1) is 8.01. The number of nitrogens with zero attached hydrogens (tertiary/aromatic N) is 1. The van der Waals surface area contributed by atoms with Gasteiger partial charge in [0.25, 0.3) is 0 Å². The molecule has 1 rings (SSSR count). The summed E-state index contributed by atoms with van der Waals surface area (Å²) in [4.78, 5) is 9.31. The minimum atomic E-state index is -0.652. The van der Waals surface area contributed by atoms with Gasteiger partial charge in [-0.1, -0.05) is 23.7 Å². The Balaban J connectivity index is 2.86. The summed E-state index contributed by atoms with van der Waals surface area (Å²) in [6.45, 7) is 1.96. The largest absolute Gasteiger partial charge is 0.409 e. The Labute approximate surface area is 68.8 Å². The van der Waals surface area contributed by atoms with E-state index >= 15 is 0 Å². The van der Waals surface area contributed by atoms with Crippen molar-refractivity contribution in [3.63, 3.8) is 0 Å². The van der Waals surface area contributed by atoms with E-state index in [4.69, 9.17) is 11.6 Å². The maximum absolute atomic E-state index is 9.96. The van der Waals surface area contributed by atoms with E-state index in [1.165, 1.54) is 6.07 Å². The van der Waals surface area contributed by atoms with Gasteiger partial charge < -0.3 is 0 Å². The molecule has 0 aliphatic heterocycles. The molecular formula is C7H4ClNO2. The molecule has 0 atom stereocenters. The highest BCUT2D eigenvalue weighted by Gasteiger charge is 2.09. The molecule has 0 amide bonds. The van der Waals surface area contributed by atoms with Crippen LogP contribution in [-0.2, 0) is 0 Å². The summed E-state index contributed by atoms with van der Waals surface area (Å²) in [6, 6.07) is 6.48. The average Bonchev–Trinajstić information content (AvgIpc) is 1.93. The quantitative estimate of drug-likeness (QED) is 0.386. The molecule has 0 aliphatic rings. The first-order chi connectivity index (χ1) is 5.20. The van der Waals surface area contributed by atoms with E-state index in [-0.39, 0.29) is 0 Å². The Hall–Kier alpha value is -1.09. The van der Waals surface area contributed by atoms with Gasteiger partial charge in [-0.3, -0.25) is 10.1 Å². The van der Waals surface area contributed by atoms with E-state index < -0.39 is 4.92 Å². The fourth-order valence-electron chi connectivity index (χ4n) is 0.650. The van der Waals surface area contributed by atoms with Crippen LogP contribution in [0.5, 0.6) is 0 Å². The maximum atomic E-state index is 9.96. The van der Waals surface area contributed by atoms with Gasteiger partial charge in [0.1, 0.15) is 0 Å². The number of hydrogen-bond donors (Lipinski definition) is 0. The average molecular weight is 170 g/mol. The second-order valence-corrected chi connectivity index (χ2v) is 2.26. The molecule has 0 fully saturated rings. The zero-order valence-corrected chi connectivity index (χ0v) is 6.21. The van der Waals surface area contributed by atoms with Crippen molar-refractivity contribution in [3.8, 4) is 0 Å². The van der Waals surface area contributed by atoms with Gasteiger partial charge in [-0.2, -0.15) is 0 Å². The van der Waals surface area contributed by atoms with Crippen LogP contribution in [0.25, 0.3) is 0 Å². The van der Waals surface area contributed by atoms with Gasteiger partial charge in [0, 0.05) is 4.92 Å². The molecule has 0 spiro atoms. The van der Waals surface area contributed by atoms with Crippen LogP contribution >= 0.6 is 11.6 Å². The smallest absolute Gasteiger partial charge is 0.263 e. The lowest BCUT2D eigenvalue weighted by molar-refractivity contribution is -0.429. The highest BCUT2D eigenvalue weighted by Crippen LogP contribution is 2.16. The van der Waals surface area contributed by atoms with E-state index in [9.17, 15) is 10.1 Å². The highest BCUT2D eigenvalue weighted by atomic mass is 35.5. The van der Waals surface area contributed by atoms with E-state index in [1.807, 2.05) is 6.54 Å². The van der Waals surface area contributed by atoms with Crippen molar-refractivity contribution in [2.75, 3.05) is 0 Å². The molecule has 11 heavy (non-hydrogen) atoms. The predicted molar refractivity (Wildman–Crippen MR) is 40.8 cm³/mol. The first-order valence-electron chi connectivity index (χ1n) is 2.86. The van der Waals surface area contributed by atoms with Gasteiger partial charge in [-0.05, 0) is 12.1 Å². The first-order valence-corrected chi connectivity index (χ1v) is 3.23. The van der Waals surface area contributed by atoms with E-state index in [0.717, 1.165) is 0 Å². The van der Waals surface area contributed by atoms with Crippen molar-refractivity contribution in [1.82, 2.24) is 0 Å². The minimum Gasteiger partial charge on any atom is -0.263 e. The Kier molecular flexibility index (Phi) is 2.44. The lowest BCUT2D eigenvalue weighted by Gasteiger charge is -1.92. The molecule has 0 saturated heterocycles. The Morgan fingerprint density at radius 1 is 1.45 bits per heavy atom. The van der Waals surface area contributed by atoms with Crippen LogP contribution in [0.2, 0.25) is 5.02 Å². The molecule has 0 N–H and O–H groups in total. The molecule has 4 heteroatoms. The molecule has 1 aromatic carbocycles. The fraction of sp³-hybridized carbons (Fsp3) is 0. The van der Waals surface area contributed by atoms with Crippen molar-refractivity contribution in [2.45, 2.75) is 0 Å². The standard InChI is InChI=1S/C7H4ClNO2/c8-7-4-2-1-3-6(7)5-9(10)11/h1-4H. The SMILES string of the molecule is O=[N+]([O-])[C]c1ccccc1Cl. The van der Waals surface area contributed by atoms with Gasteiger partial charge in [0.15, 0.2) is 0 Å². The number of benzene rings is 1. The van der Waals surface area contributed by atoms with Crippen LogP contribution in [0.3, 0.4) is 0 Å². The van der Waals surface area contributed by atoms with Crippen molar-refractivity contribution >= 4 is 11.6 Å². The van der Waals surface area contributed by atoms with Crippen LogP contribution in [0, 0.1) is 16.7 Å². The zero-order chi connectivity index (χ0) is 8.27. The van der Waals surface area contributed by atoms with Gasteiger partial charge >= 0.3 is 6.54 Å².